The molecule has 6 heteroatoms. The van der Waals surface area contributed by atoms with Gasteiger partial charge in [-0.3, -0.25) is 0 Å². The minimum atomic E-state index is -4.24. The maximum atomic E-state index is 12.3. The molecular weight excluding hydrogens is 219 g/mol. The fourth-order valence-electron chi connectivity index (χ4n) is 1.43. The van der Waals surface area contributed by atoms with Crippen LogP contribution in [0.15, 0.2) is 18.3 Å². The highest BCUT2D eigenvalue weighted by Gasteiger charge is 2.31. The number of hydrogen-bond donors (Lipinski definition) is 1. The van der Waals surface area contributed by atoms with Crippen molar-refractivity contribution in [2.75, 3.05) is 18.0 Å². The fourth-order valence-corrected chi connectivity index (χ4v) is 1.43. The second-order valence-electron chi connectivity index (χ2n) is 3.32. The summed E-state index contributed by atoms with van der Waals surface area (Å²) >= 11 is 0. The van der Waals surface area contributed by atoms with Gasteiger partial charge in [0.25, 0.3) is 0 Å². The second-order valence-corrected chi connectivity index (χ2v) is 3.32. The van der Waals surface area contributed by atoms with E-state index in [4.69, 9.17) is 5.73 Å². The molecule has 1 rings (SSSR count). The lowest BCUT2D eigenvalue weighted by atomic mass is 10.2. The van der Waals surface area contributed by atoms with Gasteiger partial charge in [0, 0.05) is 24.8 Å². The van der Waals surface area contributed by atoms with Gasteiger partial charge in [0.15, 0.2) is 0 Å². The third-order valence-corrected chi connectivity index (χ3v) is 2.14. The van der Waals surface area contributed by atoms with Crippen LogP contribution in [0.4, 0.5) is 19.0 Å². The van der Waals surface area contributed by atoms with E-state index in [-0.39, 0.29) is 13.1 Å². The number of alkyl halides is 3. The lowest BCUT2D eigenvalue weighted by Gasteiger charge is -2.25. The fraction of sp³-hybridized carbons (Fsp3) is 0.500. The summed E-state index contributed by atoms with van der Waals surface area (Å²) in [7, 11) is 0. The first-order valence-electron chi connectivity index (χ1n) is 4.93. The molecule has 0 amide bonds. The average Bonchev–Trinajstić information content (AvgIpc) is 2.24. The molecule has 0 fully saturated rings. The van der Waals surface area contributed by atoms with Gasteiger partial charge in [-0.15, -0.1) is 0 Å². The normalized spacial score (nSPS) is 11.6. The molecule has 0 unspecified atom stereocenters. The van der Waals surface area contributed by atoms with Crippen molar-refractivity contribution in [3.63, 3.8) is 0 Å². The zero-order chi connectivity index (χ0) is 12.2. The van der Waals surface area contributed by atoms with Crippen molar-refractivity contribution in [1.29, 1.82) is 0 Å². The van der Waals surface area contributed by atoms with Crippen LogP contribution in [0, 0.1) is 0 Å². The van der Waals surface area contributed by atoms with E-state index in [0.29, 0.717) is 11.4 Å². The largest absolute Gasteiger partial charge is 0.405 e. The first kappa shape index (κ1) is 12.8. The summed E-state index contributed by atoms with van der Waals surface area (Å²) in [6.45, 7) is 1.06. The van der Waals surface area contributed by atoms with Crippen LogP contribution in [-0.4, -0.2) is 24.2 Å². The number of nitrogens with zero attached hydrogens (tertiary/aromatic N) is 2. The summed E-state index contributed by atoms with van der Waals surface area (Å²) in [4.78, 5) is 5.12. The number of hydrogen-bond acceptors (Lipinski definition) is 3. The predicted molar refractivity (Wildman–Crippen MR) is 56.1 cm³/mol. The third-order valence-electron chi connectivity index (χ3n) is 2.14. The molecule has 16 heavy (non-hydrogen) atoms. The Morgan fingerprint density at radius 2 is 2.12 bits per heavy atom. The molecule has 0 aliphatic heterocycles. The number of aromatic nitrogens is 1. The van der Waals surface area contributed by atoms with Crippen molar-refractivity contribution in [3.8, 4) is 0 Å². The zero-order valence-corrected chi connectivity index (χ0v) is 8.96. The minimum Gasteiger partial charge on any atom is -0.348 e. The van der Waals surface area contributed by atoms with Crippen LogP contribution in [0.2, 0.25) is 0 Å². The molecule has 1 aromatic rings. The third kappa shape index (κ3) is 3.37. The van der Waals surface area contributed by atoms with Gasteiger partial charge in [-0.2, -0.15) is 13.2 Å². The van der Waals surface area contributed by atoms with E-state index in [1.165, 1.54) is 11.1 Å². The van der Waals surface area contributed by atoms with Crippen LogP contribution in [0.25, 0.3) is 0 Å². The van der Waals surface area contributed by atoms with Crippen LogP contribution >= 0.6 is 0 Å². The van der Waals surface area contributed by atoms with Crippen LogP contribution in [0.1, 0.15) is 12.5 Å². The molecule has 0 saturated carbocycles. The van der Waals surface area contributed by atoms with E-state index in [1.54, 1.807) is 19.1 Å². The van der Waals surface area contributed by atoms with E-state index in [0.717, 1.165) is 0 Å². The molecule has 90 valence electrons. The first-order valence-corrected chi connectivity index (χ1v) is 4.93. The Kier molecular flexibility index (Phi) is 4.12. The average molecular weight is 233 g/mol. The predicted octanol–water partition coefficient (Wildman–Crippen LogP) is 1.93. The van der Waals surface area contributed by atoms with E-state index < -0.39 is 12.7 Å². The summed E-state index contributed by atoms with van der Waals surface area (Å²) in [6, 6.07) is 3.34. The van der Waals surface area contributed by atoms with Crippen molar-refractivity contribution < 1.29 is 13.2 Å². The number of pyridine rings is 1. The second kappa shape index (κ2) is 5.16. The van der Waals surface area contributed by atoms with E-state index in [1.807, 2.05) is 0 Å². The molecule has 0 radical (unpaired) electrons. The highest BCUT2D eigenvalue weighted by atomic mass is 19.4. The van der Waals surface area contributed by atoms with Crippen LogP contribution in [0.5, 0.6) is 0 Å². The Morgan fingerprint density at radius 3 is 2.62 bits per heavy atom. The summed E-state index contributed by atoms with van der Waals surface area (Å²) < 4.78 is 36.9. The van der Waals surface area contributed by atoms with Crippen molar-refractivity contribution in [1.82, 2.24) is 4.98 Å². The maximum Gasteiger partial charge on any atom is 0.405 e. The molecule has 0 aliphatic carbocycles. The van der Waals surface area contributed by atoms with Crippen molar-refractivity contribution >= 4 is 5.82 Å². The molecular formula is C10H14F3N3. The summed E-state index contributed by atoms with van der Waals surface area (Å²) in [5.41, 5.74) is 6.08. The monoisotopic (exact) mass is 233 g/mol. The molecule has 0 atom stereocenters. The number of anilines is 1. The highest BCUT2D eigenvalue weighted by molar-refractivity contribution is 5.46. The smallest absolute Gasteiger partial charge is 0.348 e. The van der Waals surface area contributed by atoms with Crippen LogP contribution < -0.4 is 10.6 Å². The summed E-state index contributed by atoms with van der Waals surface area (Å²) in [5, 5.41) is 0. The Balaban J connectivity index is 2.94. The van der Waals surface area contributed by atoms with E-state index >= 15 is 0 Å². The summed E-state index contributed by atoms with van der Waals surface area (Å²) in [6.07, 6.45) is -2.77. The zero-order valence-electron chi connectivity index (χ0n) is 8.96. The van der Waals surface area contributed by atoms with E-state index in [2.05, 4.69) is 4.98 Å². The number of nitrogens with two attached hydrogens (primary N) is 1. The van der Waals surface area contributed by atoms with Gasteiger partial charge in [0.2, 0.25) is 0 Å². The van der Waals surface area contributed by atoms with Crippen LogP contribution in [-0.2, 0) is 6.54 Å². The Hall–Kier alpha value is -1.30. The molecule has 2 N–H and O–H groups in total. The van der Waals surface area contributed by atoms with Gasteiger partial charge >= 0.3 is 6.18 Å². The highest BCUT2D eigenvalue weighted by Crippen LogP contribution is 2.22. The number of rotatable bonds is 4. The maximum absolute atomic E-state index is 12.3. The quantitative estimate of drug-likeness (QED) is 0.864. The Morgan fingerprint density at radius 1 is 1.44 bits per heavy atom. The van der Waals surface area contributed by atoms with Gasteiger partial charge in [-0.1, -0.05) is 6.07 Å². The van der Waals surface area contributed by atoms with Gasteiger partial charge in [0.05, 0.1) is 0 Å². The topological polar surface area (TPSA) is 42.2 Å². The lowest BCUT2D eigenvalue weighted by molar-refractivity contribution is -0.119. The van der Waals surface area contributed by atoms with Gasteiger partial charge in [0.1, 0.15) is 12.4 Å². The Bertz CT molecular complexity index is 338. The SMILES string of the molecule is CCN(CC(F)(F)F)c1ncccc1CN. The molecule has 0 saturated heterocycles. The van der Waals surface area contributed by atoms with Crippen molar-refractivity contribution in [2.24, 2.45) is 5.73 Å². The van der Waals surface area contributed by atoms with Crippen molar-refractivity contribution in [3.05, 3.63) is 23.9 Å². The molecule has 0 aromatic carbocycles. The molecule has 0 bridgehead atoms. The van der Waals surface area contributed by atoms with E-state index in [9.17, 15) is 13.2 Å². The molecule has 0 spiro atoms. The first-order chi connectivity index (χ1) is 7.48. The van der Waals surface area contributed by atoms with Gasteiger partial charge in [-0.25, -0.2) is 4.98 Å². The standard InChI is InChI=1S/C10H14F3N3/c1-2-16(7-10(11,12)13)9-8(6-14)4-3-5-15-9/h3-5H,2,6-7,14H2,1H3. The molecule has 1 aromatic heterocycles. The minimum absolute atomic E-state index is 0.178. The molecule has 0 aliphatic rings. The lowest BCUT2D eigenvalue weighted by Crippen LogP contribution is -2.35. The van der Waals surface area contributed by atoms with Crippen LogP contribution in [0.3, 0.4) is 0 Å². The van der Waals surface area contributed by atoms with Gasteiger partial charge in [-0.05, 0) is 13.0 Å². The molecule has 1 heterocycles. The van der Waals surface area contributed by atoms with Crippen molar-refractivity contribution in [2.45, 2.75) is 19.6 Å². The van der Waals surface area contributed by atoms with Gasteiger partial charge < -0.3 is 10.6 Å². The Labute approximate surface area is 92.1 Å². The molecule has 3 nitrogen and oxygen atoms in total. The summed E-state index contributed by atoms with van der Waals surface area (Å²) in [5.74, 6) is 0.310. The number of halogens is 3.